The van der Waals surface area contributed by atoms with Crippen molar-refractivity contribution in [2.24, 2.45) is 0 Å². The standard InChI is InChI=1S/C26H29F3N4O2/c1-14-31-20-13-16-19(24(2,3)33(6)23(16)34)12-17(20)22(32-14)30-11-10-15-8-7-9-18(21(15)27)26(28,29)25(4,5)35/h7-9,12-13,35H,10-11H2,1-6H3,(H,30,31,32). The van der Waals surface area contributed by atoms with Gasteiger partial charge >= 0.3 is 5.92 Å². The van der Waals surface area contributed by atoms with E-state index in [2.05, 4.69) is 15.3 Å². The van der Waals surface area contributed by atoms with Crippen LogP contribution in [-0.4, -0.2) is 45.1 Å². The fraction of sp³-hybridized carbons (Fsp3) is 0.423. The second-order valence-electron chi connectivity index (χ2n) is 10.0. The van der Waals surface area contributed by atoms with E-state index < -0.39 is 28.4 Å². The van der Waals surface area contributed by atoms with Gasteiger partial charge in [0.05, 0.1) is 16.6 Å². The summed E-state index contributed by atoms with van der Waals surface area (Å²) in [6, 6.07) is 7.46. The van der Waals surface area contributed by atoms with Crippen molar-refractivity contribution in [1.29, 1.82) is 0 Å². The van der Waals surface area contributed by atoms with Gasteiger partial charge in [-0.15, -0.1) is 0 Å². The van der Waals surface area contributed by atoms with Gasteiger partial charge in [0.15, 0.2) is 0 Å². The molecule has 0 atom stereocenters. The number of aryl methyl sites for hydroxylation is 1. The summed E-state index contributed by atoms with van der Waals surface area (Å²) in [4.78, 5) is 23.4. The molecule has 2 heterocycles. The monoisotopic (exact) mass is 486 g/mol. The predicted molar refractivity (Wildman–Crippen MR) is 128 cm³/mol. The smallest absolute Gasteiger partial charge is 0.303 e. The molecule has 2 aromatic carbocycles. The summed E-state index contributed by atoms with van der Waals surface area (Å²) in [5, 5.41) is 13.7. The van der Waals surface area contributed by atoms with Crippen LogP contribution in [0.15, 0.2) is 30.3 Å². The van der Waals surface area contributed by atoms with Gasteiger partial charge in [-0.3, -0.25) is 4.79 Å². The average Bonchev–Trinajstić information content (AvgIpc) is 2.92. The van der Waals surface area contributed by atoms with Gasteiger partial charge in [-0.1, -0.05) is 12.1 Å². The Morgan fingerprint density at radius 2 is 1.86 bits per heavy atom. The largest absolute Gasteiger partial charge is 0.384 e. The number of benzene rings is 2. The lowest BCUT2D eigenvalue weighted by Gasteiger charge is -2.30. The number of carbonyl (C=O) groups excluding carboxylic acids is 1. The number of carbonyl (C=O) groups is 1. The molecule has 0 saturated heterocycles. The van der Waals surface area contributed by atoms with Crippen LogP contribution in [0.3, 0.4) is 0 Å². The minimum Gasteiger partial charge on any atom is -0.384 e. The number of amides is 1. The molecule has 2 N–H and O–H groups in total. The van der Waals surface area contributed by atoms with E-state index >= 15 is 0 Å². The normalized spacial score (nSPS) is 15.6. The van der Waals surface area contributed by atoms with Gasteiger partial charge in [-0.25, -0.2) is 14.4 Å². The average molecular weight is 487 g/mol. The van der Waals surface area contributed by atoms with E-state index in [-0.39, 0.29) is 24.4 Å². The zero-order valence-electron chi connectivity index (χ0n) is 20.6. The van der Waals surface area contributed by atoms with Crippen LogP contribution in [0.2, 0.25) is 0 Å². The Hall–Kier alpha value is -3.20. The van der Waals surface area contributed by atoms with Crippen LogP contribution >= 0.6 is 0 Å². The highest BCUT2D eigenvalue weighted by atomic mass is 19.3. The first-order valence-electron chi connectivity index (χ1n) is 11.4. The molecule has 0 saturated carbocycles. The van der Waals surface area contributed by atoms with E-state index in [9.17, 15) is 23.1 Å². The molecule has 0 radical (unpaired) electrons. The lowest BCUT2D eigenvalue weighted by Crippen LogP contribution is -2.41. The number of alkyl halides is 2. The Balaban J connectivity index is 1.64. The van der Waals surface area contributed by atoms with E-state index in [0.29, 0.717) is 28.1 Å². The Morgan fingerprint density at radius 3 is 2.51 bits per heavy atom. The first kappa shape index (κ1) is 24.9. The fourth-order valence-corrected chi connectivity index (χ4v) is 4.39. The zero-order chi connectivity index (χ0) is 25.9. The molecule has 6 nitrogen and oxygen atoms in total. The topological polar surface area (TPSA) is 78.4 Å². The highest BCUT2D eigenvalue weighted by Gasteiger charge is 2.49. The van der Waals surface area contributed by atoms with Crippen molar-refractivity contribution < 1.29 is 23.1 Å². The predicted octanol–water partition coefficient (Wildman–Crippen LogP) is 4.92. The van der Waals surface area contributed by atoms with Crippen molar-refractivity contribution in [2.75, 3.05) is 18.9 Å². The van der Waals surface area contributed by atoms with Crippen molar-refractivity contribution in [2.45, 2.75) is 58.1 Å². The summed E-state index contributed by atoms with van der Waals surface area (Å²) in [5.74, 6) is -3.84. The molecule has 0 unspecified atom stereocenters. The number of halogens is 3. The van der Waals surface area contributed by atoms with E-state index in [0.717, 1.165) is 25.5 Å². The van der Waals surface area contributed by atoms with E-state index in [1.807, 2.05) is 19.9 Å². The molecule has 1 aliphatic heterocycles. The highest BCUT2D eigenvalue weighted by molar-refractivity contribution is 6.04. The molecular formula is C26H29F3N4O2. The number of aromatic nitrogens is 2. The van der Waals surface area contributed by atoms with E-state index in [1.165, 1.54) is 12.1 Å². The molecule has 35 heavy (non-hydrogen) atoms. The number of aliphatic hydroxyl groups is 1. The molecule has 3 aromatic rings. The van der Waals surface area contributed by atoms with Crippen LogP contribution in [-0.2, 0) is 17.9 Å². The van der Waals surface area contributed by atoms with Crippen molar-refractivity contribution in [3.8, 4) is 0 Å². The summed E-state index contributed by atoms with van der Waals surface area (Å²) < 4.78 is 44.1. The number of nitrogens with zero attached hydrogens (tertiary/aromatic N) is 3. The Kier molecular flexibility index (Phi) is 5.83. The van der Waals surface area contributed by atoms with Crippen molar-refractivity contribution >= 4 is 22.6 Å². The molecule has 0 bridgehead atoms. The minimum absolute atomic E-state index is 0.0732. The molecule has 1 amide bonds. The number of fused-ring (bicyclic) bond motifs is 2. The maximum Gasteiger partial charge on any atom is 0.303 e. The lowest BCUT2D eigenvalue weighted by molar-refractivity contribution is -0.170. The molecule has 0 aliphatic carbocycles. The van der Waals surface area contributed by atoms with Gasteiger partial charge in [0.25, 0.3) is 5.91 Å². The fourth-order valence-electron chi connectivity index (χ4n) is 4.39. The summed E-state index contributed by atoms with van der Waals surface area (Å²) >= 11 is 0. The van der Waals surface area contributed by atoms with Crippen LogP contribution in [0.1, 0.15) is 60.6 Å². The number of rotatable bonds is 6. The van der Waals surface area contributed by atoms with Crippen molar-refractivity contribution in [3.05, 3.63) is 64.2 Å². The Bertz CT molecular complexity index is 1330. The van der Waals surface area contributed by atoms with E-state index in [1.54, 1.807) is 24.9 Å². The van der Waals surface area contributed by atoms with Gasteiger partial charge in [0, 0.05) is 24.5 Å². The van der Waals surface area contributed by atoms with Crippen LogP contribution in [0.5, 0.6) is 0 Å². The van der Waals surface area contributed by atoms with E-state index in [4.69, 9.17) is 0 Å². The maximum absolute atomic E-state index is 15.0. The second-order valence-corrected chi connectivity index (χ2v) is 10.0. The van der Waals surface area contributed by atoms with Crippen molar-refractivity contribution in [3.63, 3.8) is 0 Å². The minimum atomic E-state index is -3.75. The number of anilines is 1. The molecule has 9 heteroatoms. The van der Waals surface area contributed by atoms with Gasteiger partial charge in [0.2, 0.25) is 0 Å². The first-order valence-corrected chi connectivity index (χ1v) is 11.4. The van der Waals surface area contributed by atoms with Crippen LogP contribution in [0.25, 0.3) is 10.9 Å². The third-order valence-corrected chi connectivity index (χ3v) is 6.85. The zero-order valence-corrected chi connectivity index (χ0v) is 20.6. The second kappa shape index (κ2) is 8.19. The third-order valence-electron chi connectivity index (χ3n) is 6.85. The summed E-state index contributed by atoms with van der Waals surface area (Å²) in [6.45, 7) is 7.78. The van der Waals surface area contributed by atoms with Crippen molar-refractivity contribution in [1.82, 2.24) is 14.9 Å². The molecule has 4 rings (SSSR count). The summed E-state index contributed by atoms with van der Waals surface area (Å²) in [6.07, 6.45) is 0.115. The number of nitrogens with one attached hydrogen (secondary N) is 1. The third kappa shape index (κ3) is 4.01. The SMILES string of the molecule is Cc1nc(NCCc2cccc(C(F)(F)C(C)(C)O)c2F)c2cc3c(cc2n1)C(=O)N(C)C3(C)C. The Morgan fingerprint density at radius 1 is 1.17 bits per heavy atom. The molecule has 186 valence electrons. The quantitative estimate of drug-likeness (QED) is 0.517. The number of hydrogen-bond donors (Lipinski definition) is 2. The van der Waals surface area contributed by atoms with Crippen LogP contribution in [0, 0.1) is 12.7 Å². The Labute approximate surface area is 202 Å². The molecular weight excluding hydrogens is 457 g/mol. The number of hydrogen-bond acceptors (Lipinski definition) is 5. The molecule has 0 spiro atoms. The lowest BCUT2D eigenvalue weighted by atomic mass is 9.91. The summed E-state index contributed by atoms with van der Waals surface area (Å²) in [5.41, 5.74) is -1.58. The van der Waals surface area contributed by atoms with Gasteiger partial charge < -0.3 is 15.3 Å². The van der Waals surface area contributed by atoms with Gasteiger partial charge in [-0.05, 0) is 70.4 Å². The van der Waals surface area contributed by atoms with Gasteiger partial charge in [0.1, 0.15) is 23.1 Å². The summed E-state index contributed by atoms with van der Waals surface area (Å²) in [7, 11) is 1.76. The molecule has 1 aliphatic rings. The van der Waals surface area contributed by atoms with Crippen LogP contribution in [0.4, 0.5) is 19.0 Å². The maximum atomic E-state index is 15.0. The van der Waals surface area contributed by atoms with Crippen LogP contribution < -0.4 is 5.32 Å². The molecule has 1 aromatic heterocycles. The highest BCUT2D eigenvalue weighted by Crippen LogP contribution is 2.41. The molecule has 0 fully saturated rings. The van der Waals surface area contributed by atoms with Gasteiger partial charge in [-0.2, -0.15) is 8.78 Å². The first-order chi connectivity index (χ1) is 16.2.